The first kappa shape index (κ1) is 16.6. The molecule has 1 aliphatic heterocycles. The minimum atomic E-state index is 0.144. The fourth-order valence-electron chi connectivity index (χ4n) is 3.07. The molecular formula is C21H19N3O. The van der Waals surface area contributed by atoms with Crippen LogP contribution in [0.3, 0.4) is 0 Å². The number of aromatic nitrogens is 1. The second-order valence-corrected chi connectivity index (χ2v) is 6.12. The van der Waals surface area contributed by atoms with Crippen LogP contribution in [0.15, 0.2) is 47.4 Å². The zero-order valence-corrected chi connectivity index (χ0v) is 14.6. The van der Waals surface area contributed by atoms with E-state index < -0.39 is 0 Å². The molecule has 2 aromatic rings. The van der Waals surface area contributed by atoms with Crippen molar-refractivity contribution in [3.8, 4) is 6.07 Å². The molecule has 4 nitrogen and oxygen atoms in total. The van der Waals surface area contributed by atoms with Crippen molar-refractivity contribution in [2.45, 2.75) is 20.3 Å². The maximum atomic E-state index is 9.01. The number of nitrogens with zero attached hydrogens (tertiary/aromatic N) is 3. The fraction of sp³-hybridized carbons (Fsp3) is 0.238. The van der Waals surface area contributed by atoms with Crippen molar-refractivity contribution in [1.29, 1.82) is 5.26 Å². The Morgan fingerprint density at radius 3 is 2.88 bits per heavy atom. The van der Waals surface area contributed by atoms with Crippen LogP contribution in [0.25, 0.3) is 21.8 Å². The predicted molar refractivity (Wildman–Crippen MR) is 99.3 cm³/mol. The lowest BCUT2D eigenvalue weighted by molar-refractivity contribution is 0.219. The van der Waals surface area contributed by atoms with Crippen LogP contribution >= 0.6 is 0 Å². The summed E-state index contributed by atoms with van der Waals surface area (Å²) < 4.78 is 7.83. The van der Waals surface area contributed by atoms with Crippen LogP contribution in [0.2, 0.25) is 0 Å². The number of aryl methyl sites for hydroxylation is 2. The highest BCUT2D eigenvalue weighted by molar-refractivity contribution is 5.87. The van der Waals surface area contributed by atoms with Crippen LogP contribution in [0, 0.1) is 31.8 Å². The normalized spacial score (nSPS) is 16.3. The van der Waals surface area contributed by atoms with Crippen LogP contribution in [-0.4, -0.2) is 11.2 Å². The predicted octanol–water partition coefficient (Wildman–Crippen LogP) is 4.81. The molecule has 2 heterocycles. The Kier molecular flexibility index (Phi) is 4.46. The third kappa shape index (κ3) is 3.07. The molecule has 0 fully saturated rings. The average Bonchev–Trinajstić information content (AvgIpc) is 2.85. The molecule has 0 atom stereocenters. The summed E-state index contributed by atoms with van der Waals surface area (Å²) in [6, 6.07) is 8.33. The Hall–Kier alpha value is -3.24. The number of nitriles is 1. The van der Waals surface area contributed by atoms with Gasteiger partial charge in [-0.1, -0.05) is 12.1 Å². The molecule has 0 spiro atoms. The first-order valence-corrected chi connectivity index (χ1v) is 8.14. The summed E-state index contributed by atoms with van der Waals surface area (Å²) in [6.45, 7) is 11.8. The van der Waals surface area contributed by atoms with Crippen LogP contribution in [0.1, 0.15) is 23.2 Å². The van der Waals surface area contributed by atoms with Gasteiger partial charge in [0.05, 0.1) is 19.2 Å². The van der Waals surface area contributed by atoms with Crippen LogP contribution < -0.4 is 0 Å². The SMILES string of the molecule is [C-]#[N+]/C(C#N)=C1C=C(/C=C/c2ccc3c(c2)c(C)c(C)n3C)OCC\1. The van der Waals surface area contributed by atoms with Crippen molar-refractivity contribution in [3.05, 3.63) is 75.6 Å². The van der Waals surface area contributed by atoms with Crippen molar-refractivity contribution in [2.24, 2.45) is 7.05 Å². The topological polar surface area (TPSA) is 42.3 Å². The smallest absolute Gasteiger partial charge is 0.265 e. The number of allylic oxidation sites excluding steroid dienone is 3. The third-order valence-electron chi connectivity index (χ3n) is 4.75. The van der Waals surface area contributed by atoms with E-state index in [9.17, 15) is 0 Å². The monoisotopic (exact) mass is 329 g/mol. The van der Waals surface area contributed by atoms with Gasteiger partial charge in [-0.05, 0) is 61.3 Å². The molecule has 1 aromatic carbocycles. The molecule has 1 aliphatic rings. The van der Waals surface area contributed by atoms with E-state index in [2.05, 4.69) is 48.5 Å². The van der Waals surface area contributed by atoms with Gasteiger partial charge >= 0.3 is 0 Å². The summed E-state index contributed by atoms with van der Waals surface area (Å²) in [4.78, 5) is 3.28. The Morgan fingerprint density at radius 1 is 1.36 bits per heavy atom. The Bertz CT molecular complexity index is 1000. The quantitative estimate of drug-likeness (QED) is 0.586. The van der Waals surface area contributed by atoms with Crippen molar-refractivity contribution in [2.75, 3.05) is 6.61 Å². The largest absolute Gasteiger partial charge is 0.493 e. The Morgan fingerprint density at radius 2 is 2.16 bits per heavy atom. The molecule has 0 N–H and O–H groups in total. The number of benzene rings is 1. The lowest BCUT2D eigenvalue weighted by Crippen LogP contribution is -2.03. The fourth-order valence-corrected chi connectivity index (χ4v) is 3.07. The zero-order valence-electron chi connectivity index (χ0n) is 14.6. The lowest BCUT2D eigenvalue weighted by Gasteiger charge is -2.14. The number of ether oxygens (including phenoxy) is 1. The second-order valence-electron chi connectivity index (χ2n) is 6.12. The van der Waals surface area contributed by atoms with Gasteiger partial charge in [0.15, 0.2) is 0 Å². The molecule has 0 bridgehead atoms. The van der Waals surface area contributed by atoms with Crippen molar-refractivity contribution >= 4 is 17.0 Å². The van der Waals surface area contributed by atoms with Gasteiger partial charge in [0.1, 0.15) is 5.76 Å². The van der Waals surface area contributed by atoms with E-state index in [0.29, 0.717) is 18.8 Å². The van der Waals surface area contributed by atoms with E-state index in [4.69, 9.17) is 16.6 Å². The molecule has 0 aliphatic carbocycles. The van der Waals surface area contributed by atoms with Gasteiger partial charge in [0, 0.05) is 23.6 Å². The van der Waals surface area contributed by atoms with Gasteiger partial charge in [-0.25, -0.2) is 10.1 Å². The molecule has 0 unspecified atom stereocenters. The summed E-state index contributed by atoms with van der Waals surface area (Å²) >= 11 is 0. The van der Waals surface area contributed by atoms with Crippen molar-refractivity contribution < 1.29 is 4.74 Å². The molecule has 0 amide bonds. The molecule has 124 valence electrons. The average molecular weight is 329 g/mol. The van der Waals surface area contributed by atoms with Gasteiger partial charge in [0.2, 0.25) is 0 Å². The highest BCUT2D eigenvalue weighted by Crippen LogP contribution is 2.26. The summed E-state index contributed by atoms with van der Waals surface area (Å²) in [5, 5.41) is 10.3. The summed E-state index contributed by atoms with van der Waals surface area (Å²) in [6.07, 6.45) is 6.27. The minimum absolute atomic E-state index is 0.144. The van der Waals surface area contributed by atoms with E-state index in [1.54, 1.807) is 6.08 Å². The molecule has 3 rings (SSSR count). The third-order valence-corrected chi connectivity index (χ3v) is 4.75. The first-order chi connectivity index (χ1) is 12.0. The van der Waals surface area contributed by atoms with Crippen molar-refractivity contribution in [1.82, 2.24) is 4.57 Å². The van der Waals surface area contributed by atoms with Gasteiger partial charge in [-0.3, -0.25) is 0 Å². The van der Waals surface area contributed by atoms with E-state index in [1.807, 2.05) is 18.2 Å². The minimum Gasteiger partial charge on any atom is -0.493 e. The van der Waals surface area contributed by atoms with E-state index in [1.165, 1.54) is 22.2 Å². The maximum absolute atomic E-state index is 9.01. The number of hydrogen-bond acceptors (Lipinski definition) is 2. The summed E-state index contributed by atoms with van der Waals surface area (Å²) in [5.74, 6) is 0.679. The molecule has 0 radical (unpaired) electrons. The van der Waals surface area contributed by atoms with E-state index in [0.717, 1.165) is 11.1 Å². The first-order valence-electron chi connectivity index (χ1n) is 8.14. The summed E-state index contributed by atoms with van der Waals surface area (Å²) in [7, 11) is 2.08. The van der Waals surface area contributed by atoms with Crippen LogP contribution in [0.4, 0.5) is 0 Å². The van der Waals surface area contributed by atoms with E-state index >= 15 is 0 Å². The lowest BCUT2D eigenvalue weighted by atomic mass is 10.1. The molecule has 0 saturated heterocycles. The van der Waals surface area contributed by atoms with Crippen LogP contribution in [0.5, 0.6) is 0 Å². The van der Waals surface area contributed by atoms with Gasteiger partial charge in [-0.2, -0.15) is 0 Å². The number of fused-ring (bicyclic) bond motifs is 1. The van der Waals surface area contributed by atoms with Gasteiger partial charge in [-0.15, -0.1) is 0 Å². The second kappa shape index (κ2) is 6.71. The molecule has 1 aromatic heterocycles. The van der Waals surface area contributed by atoms with Crippen LogP contribution in [-0.2, 0) is 11.8 Å². The van der Waals surface area contributed by atoms with E-state index in [-0.39, 0.29) is 5.70 Å². The molecule has 4 heteroatoms. The zero-order chi connectivity index (χ0) is 18.0. The highest BCUT2D eigenvalue weighted by Gasteiger charge is 2.11. The molecular weight excluding hydrogens is 310 g/mol. The van der Waals surface area contributed by atoms with Gasteiger partial charge < -0.3 is 9.30 Å². The number of hydrogen-bond donors (Lipinski definition) is 0. The highest BCUT2D eigenvalue weighted by atomic mass is 16.5. The number of rotatable bonds is 2. The Balaban J connectivity index is 1.94. The Labute approximate surface area is 147 Å². The standard InChI is InChI=1S/C21H19N3O/c1-14-15(2)24(4)21-8-6-16(11-19(14)21)5-7-18-12-17(9-10-25-18)20(13-22)23-3/h5-8,11-12H,9-10H2,1-2,4H3/b7-5+,20-17-. The van der Waals surface area contributed by atoms with Gasteiger partial charge in [0.25, 0.3) is 5.70 Å². The molecule has 25 heavy (non-hydrogen) atoms. The molecule has 0 saturated carbocycles. The maximum Gasteiger partial charge on any atom is 0.265 e. The summed E-state index contributed by atoms with van der Waals surface area (Å²) in [5.41, 5.74) is 5.77. The van der Waals surface area contributed by atoms with Crippen molar-refractivity contribution in [3.63, 3.8) is 0 Å².